The molecule has 6 nitrogen and oxygen atoms in total. The Bertz CT molecular complexity index is 624. The molecule has 1 aliphatic rings. The molecule has 0 aliphatic carbocycles. The molecule has 2 heterocycles. The van der Waals surface area contributed by atoms with Gasteiger partial charge in [-0.05, 0) is 54.0 Å². The summed E-state index contributed by atoms with van der Waals surface area (Å²) in [5.74, 6) is 1.28. The summed E-state index contributed by atoms with van der Waals surface area (Å²) < 4.78 is 7.64. The van der Waals surface area contributed by atoms with Crippen LogP contribution in [0.2, 0.25) is 0 Å². The highest BCUT2D eigenvalue weighted by molar-refractivity contribution is 5.63. The maximum Gasteiger partial charge on any atom is 0.182 e. The number of tetrazole rings is 1. The quantitative estimate of drug-likeness (QED) is 0.871. The predicted molar refractivity (Wildman–Crippen MR) is 80.5 cm³/mol. The second kappa shape index (κ2) is 5.81. The van der Waals surface area contributed by atoms with Gasteiger partial charge in [-0.3, -0.25) is 0 Å². The van der Waals surface area contributed by atoms with Crippen molar-refractivity contribution in [1.29, 1.82) is 0 Å². The van der Waals surface area contributed by atoms with Crippen molar-refractivity contribution in [2.24, 2.45) is 5.92 Å². The monoisotopic (exact) mass is 287 g/mol. The summed E-state index contributed by atoms with van der Waals surface area (Å²) in [6.07, 6.45) is 2.41. The number of rotatable bonds is 4. The Labute approximate surface area is 124 Å². The molecular weight excluding hydrogens is 266 g/mol. The van der Waals surface area contributed by atoms with E-state index in [0.717, 1.165) is 48.6 Å². The van der Waals surface area contributed by atoms with Gasteiger partial charge in [0.2, 0.25) is 0 Å². The van der Waals surface area contributed by atoms with E-state index < -0.39 is 0 Å². The minimum atomic E-state index is 0.314. The van der Waals surface area contributed by atoms with E-state index in [1.807, 2.05) is 29.8 Å². The van der Waals surface area contributed by atoms with Crippen LogP contribution in [0, 0.1) is 12.8 Å². The van der Waals surface area contributed by atoms with Crippen LogP contribution in [0.4, 0.5) is 5.69 Å². The van der Waals surface area contributed by atoms with Crippen LogP contribution >= 0.6 is 0 Å². The van der Waals surface area contributed by atoms with E-state index >= 15 is 0 Å². The first-order valence-corrected chi connectivity index (χ1v) is 7.43. The molecule has 1 aromatic carbocycles. The maximum atomic E-state index is 5.81. The van der Waals surface area contributed by atoms with Gasteiger partial charge in [-0.15, -0.1) is 5.10 Å². The topological polar surface area (TPSA) is 78.8 Å². The maximum absolute atomic E-state index is 5.81. The van der Waals surface area contributed by atoms with Crippen LogP contribution in [0.15, 0.2) is 18.2 Å². The summed E-state index contributed by atoms with van der Waals surface area (Å²) in [5, 5.41) is 12.2. The molecule has 0 radical (unpaired) electrons. The summed E-state index contributed by atoms with van der Waals surface area (Å²) in [5.41, 5.74) is 8.68. The van der Waals surface area contributed by atoms with Gasteiger partial charge in [0.05, 0.1) is 12.6 Å². The predicted octanol–water partition coefficient (Wildman–Crippen LogP) is 2.05. The molecule has 3 rings (SSSR count). The van der Waals surface area contributed by atoms with Gasteiger partial charge in [0, 0.05) is 23.8 Å². The lowest BCUT2D eigenvalue weighted by molar-refractivity contribution is 0.0825. The summed E-state index contributed by atoms with van der Waals surface area (Å²) >= 11 is 0. The molecule has 112 valence electrons. The Kier molecular flexibility index (Phi) is 3.88. The van der Waals surface area contributed by atoms with Crippen molar-refractivity contribution in [2.45, 2.75) is 39.3 Å². The molecule has 0 amide bonds. The van der Waals surface area contributed by atoms with E-state index in [1.54, 1.807) is 0 Å². The highest BCUT2D eigenvalue weighted by Gasteiger charge is 2.28. The number of nitrogen functional groups attached to an aromatic ring is 1. The Morgan fingerprint density at radius 2 is 2.29 bits per heavy atom. The summed E-state index contributed by atoms with van der Waals surface area (Å²) in [4.78, 5) is 0. The number of ether oxygens (including phenoxy) is 1. The van der Waals surface area contributed by atoms with Crippen molar-refractivity contribution in [3.63, 3.8) is 0 Å². The third kappa shape index (κ3) is 2.76. The lowest BCUT2D eigenvalue weighted by Gasteiger charge is -2.17. The number of nitrogens with zero attached hydrogens (tertiary/aromatic N) is 4. The van der Waals surface area contributed by atoms with Crippen molar-refractivity contribution in [3.05, 3.63) is 23.8 Å². The average Bonchev–Trinajstić information content (AvgIpc) is 3.08. The molecule has 0 saturated carbocycles. The zero-order chi connectivity index (χ0) is 14.8. The second-order valence-electron chi connectivity index (χ2n) is 5.63. The summed E-state index contributed by atoms with van der Waals surface area (Å²) in [6, 6.07) is 5.81. The van der Waals surface area contributed by atoms with Gasteiger partial charge < -0.3 is 10.5 Å². The van der Waals surface area contributed by atoms with E-state index in [-0.39, 0.29) is 0 Å². The molecule has 1 aromatic heterocycles. The molecule has 2 unspecified atom stereocenters. The SMILES string of the molecule is CCC1OCCC1Cn1nnnc1-c1ccc(N)cc1C. The van der Waals surface area contributed by atoms with Crippen LogP contribution in [-0.4, -0.2) is 32.9 Å². The number of hydrogen-bond donors (Lipinski definition) is 1. The summed E-state index contributed by atoms with van der Waals surface area (Å²) in [7, 11) is 0. The number of nitrogens with two attached hydrogens (primary N) is 1. The minimum Gasteiger partial charge on any atom is -0.399 e. The Hall–Kier alpha value is -1.95. The number of aromatic nitrogens is 4. The number of aryl methyl sites for hydroxylation is 1. The second-order valence-corrected chi connectivity index (χ2v) is 5.63. The van der Waals surface area contributed by atoms with Crippen molar-refractivity contribution in [2.75, 3.05) is 12.3 Å². The third-order valence-corrected chi connectivity index (χ3v) is 4.18. The molecular formula is C15H21N5O. The van der Waals surface area contributed by atoms with Gasteiger partial charge in [-0.2, -0.15) is 0 Å². The molecule has 21 heavy (non-hydrogen) atoms. The van der Waals surface area contributed by atoms with Gasteiger partial charge in [0.25, 0.3) is 0 Å². The van der Waals surface area contributed by atoms with E-state index in [4.69, 9.17) is 10.5 Å². The third-order valence-electron chi connectivity index (χ3n) is 4.18. The Morgan fingerprint density at radius 3 is 3.05 bits per heavy atom. The molecule has 1 aliphatic heterocycles. The van der Waals surface area contributed by atoms with E-state index in [0.29, 0.717) is 12.0 Å². The van der Waals surface area contributed by atoms with E-state index in [2.05, 4.69) is 22.4 Å². The molecule has 0 bridgehead atoms. The van der Waals surface area contributed by atoms with Crippen LogP contribution in [0.3, 0.4) is 0 Å². The lowest BCUT2D eigenvalue weighted by Crippen LogP contribution is -2.21. The fourth-order valence-electron chi connectivity index (χ4n) is 3.03. The van der Waals surface area contributed by atoms with Crippen molar-refractivity contribution < 1.29 is 4.74 Å². The molecule has 1 fully saturated rings. The smallest absolute Gasteiger partial charge is 0.182 e. The van der Waals surface area contributed by atoms with Gasteiger partial charge in [-0.1, -0.05) is 6.92 Å². The van der Waals surface area contributed by atoms with Gasteiger partial charge in [0.15, 0.2) is 5.82 Å². The Morgan fingerprint density at radius 1 is 1.43 bits per heavy atom. The number of hydrogen-bond acceptors (Lipinski definition) is 5. The van der Waals surface area contributed by atoms with Crippen LogP contribution < -0.4 is 5.73 Å². The minimum absolute atomic E-state index is 0.314. The van der Waals surface area contributed by atoms with Crippen LogP contribution in [0.1, 0.15) is 25.3 Å². The zero-order valence-electron chi connectivity index (χ0n) is 12.5. The standard InChI is InChI=1S/C15H21N5O/c1-3-14-11(6-7-21-14)9-20-15(17-18-19-20)13-5-4-12(16)8-10(13)2/h4-5,8,11,14H,3,6-7,9,16H2,1-2H3. The van der Waals surface area contributed by atoms with Crippen molar-refractivity contribution in [3.8, 4) is 11.4 Å². The first-order valence-electron chi connectivity index (χ1n) is 7.43. The highest BCUT2D eigenvalue weighted by atomic mass is 16.5. The van der Waals surface area contributed by atoms with Crippen molar-refractivity contribution >= 4 is 5.69 Å². The number of benzene rings is 1. The molecule has 6 heteroatoms. The van der Waals surface area contributed by atoms with Crippen LogP contribution in [0.25, 0.3) is 11.4 Å². The van der Waals surface area contributed by atoms with Gasteiger partial charge >= 0.3 is 0 Å². The van der Waals surface area contributed by atoms with Crippen molar-refractivity contribution in [1.82, 2.24) is 20.2 Å². The van der Waals surface area contributed by atoms with Crippen LogP contribution in [-0.2, 0) is 11.3 Å². The van der Waals surface area contributed by atoms with E-state index in [1.165, 1.54) is 0 Å². The van der Waals surface area contributed by atoms with Gasteiger partial charge in [-0.25, -0.2) is 4.68 Å². The first kappa shape index (κ1) is 14.0. The number of anilines is 1. The lowest BCUT2D eigenvalue weighted by atomic mass is 9.99. The zero-order valence-corrected chi connectivity index (χ0v) is 12.5. The van der Waals surface area contributed by atoms with Gasteiger partial charge in [0.1, 0.15) is 0 Å². The fraction of sp³-hybridized carbons (Fsp3) is 0.533. The fourth-order valence-corrected chi connectivity index (χ4v) is 3.03. The average molecular weight is 287 g/mol. The van der Waals surface area contributed by atoms with Crippen LogP contribution in [0.5, 0.6) is 0 Å². The molecule has 2 aromatic rings. The highest BCUT2D eigenvalue weighted by Crippen LogP contribution is 2.27. The molecule has 2 atom stereocenters. The largest absolute Gasteiger partial charge is 0.399 e. The first-order chi connectivity index (χ1) is 10.2. The summed E-state index contributed by atoms with van der Waals surface area (Å²) in [6.45, 7) is 5.82. The normalized spacial score (nSPS) is 21.8. The Balaban J connectivity index is 1.87. The molecule has 1 saturated heterocycles. The molecule has 2 N–H and O–H groups in total. The molecule has 0 spiro atoms. The van der Waals surface area contributed by atoms with E-state index in [9.17, 15) is 0 Å².